The lowest BCUT2D eigenvalue weighted by molar-refractivity contribution is 0.0986. The van der Waals surface area contributed by atoms with E-state index in [0.29, 0.717) is 23.5 Å². The molecule has 2 nitrogen and oxygen atoms in total. The third kappa shape index (κ3) is 2.74. The highest BCUT2D eigenvalue weighted by Gasteiger charge is 2.10. The van der Waals surface area contributed by atoms with Crippen LogP contribution in [0, 0.1) is 5.82 Å². The molecular weight excluding hydrogens is 231 g/mol. The molecule has 2 aromatic carbocycles. The summed E-state index contributed by atoms with van der Waals surface area (Å²) in [6, 6.07) is 12.8. The van der Waals surface area contributed by atoms with Crippen LogP contribution < -0.4 is 4.74 Å². The quantitative estimate of drug-likeness (QED) is 0.753. The number of hydrogen-bond acceptors (Lipinski definition) is 2. The van der Waals surface area contributed by atoms with E-state index in [4.69, 9.17) is 4.74 Å². The Morgan fingerprint density at radius 1 is 1.17 bits per heavy atom. The molecule has 0 N–H and O–H groups in total. The van der Waals surface area contributed by atoms with Gasteiger partial charge in [-0.15, -0.1) is 0 Å². The van der Waals surface area contributed by atoms with Gasteiger partial charge in [0.25, 0.3) is 0 Å². The first-order chi connectivity index (χ1) is 8.70. The molecule has 0 bridgehead atoms. The zero-order chi connectivity index (χ0) is 13.0. The Morgan fingerprint density at radius 3 is 2.67 bits per heavy atom. The Balaban J connectivity index is 2.32. The van der Waals surface area contributed by atoms with Gasteiger partial charge in [0.2, 0.25) is 0 Å². The first kappa shape index (κ1) is 12.3. The number of carbonyl (C=O) groups is 1. The highest BCUT2D eigenvalue weighted by atomic mass is 19.1. The minimum absolute atomic E-state index is 0.00185. The number of benzene rings is 2. The lowest BCUT2D eigenvalue weighted by atomic mass is 10.1. The van der Waals surface area contributed by atoms with E-state index in [1.165, 1.54) is 12.1 Å². The van der Waals surface area contributed by atoms with E-state index in [-0.39, 0.29) is 11.6 Å². The minimum Gasteiger partial charge on any atom is -0.457 e. The van der Waals surface area contributed by atoms with Gasteiger partial charge in [-0.2, -0.15) is 0 Å². The predicted octanol–water partition coefficient (Wildman–Crippen LogP) is 4.21. The fraction of sp³-hybridized carbons (Fsp3) is 0.133. The number of carbonyl (C=O) groups excluding carboxylic acids is 1. The average Bonchev–Trinajstić information content (AvgIpc) is 2.38. The number of ketones is 1. The molecule has 2 rings (SSSR count). The van der Waals surface area contributed by atoms with Gasteiger partial charge in [-0.3, -0.25) is 4.79 Å². The van der Waals surface area contributed by atoms with Gasteiger partial charge in [-0.1, -0.05) is 25.1 Å². The highest BCUT2D eigenvalue weighted by Crippen LogP contribution is 2.26. The SMILES string of the molecule is CCC(=O)c1ccccc1Oc1cccc(F)c1. The second kappa shape index (κ2) is 5.45. The highest BCUT2D eigenvalue weighted by molar-refractivity contribution is 5.98. The molecule has 0 saturated carbocycles. The van der Waals surface area contributed by atoms with Crippen LogP contribution in [0.15, 0.2) is 48.5 Å². The Morgan fingerprint density at radius 2 is 1.94 bits per heavy atom. The van der Waals surface area contributed by atoms with Crippen LogP contribution in [0.5, 0.6) is 11.5 Å². The van der Waals surface area contributed by atoms with Crippen molar-refractivity contribution in [3.8, 4) is 11.5 Å². The maximum Gasteiger partial charge on any atom is 0.166 e. The second-order valence-corrected chi connectivity index (χ2v) is 3.83. The van der Waals surface area contributed by atoms with E-state index in [1.807, 2.05) is 0 Å². The van der Waals surface area contributed by atoms with Crippen LogP contribution in [-0.2, 0) is 0 Å². The van der Waals surface area contributed by atoms with Gasteiger partial charge in [0, 0.05) is 12.5 Å². The fourth-order valence-corrected chi connectivity index (χ4v) is 1.63. The summed E-state index contributed by atoms with van der Waals surface area (Å²) in [6.45, 7) is 1.79. The Hall–Kier alpha value is -2.16. The Bertz CT molecular complexity index is 564. The summed E-state index contributed by atoms with van der Waals surface area (Å²) in [6.07, 6.45) is 0.406. The van der Waals surface area contributed by atoms with Crippen LogP contribution >= 0.6 is 0 Å². The third-order valence-electron chi connectivity index (χ3n) is 2.53. The van der Waals surface area contributed by atoms with Gasteiger partial charge < -0.3 is 4.74 Å². The van der Waals surface area contributed by atoms with Gasteiger partial charge in [0.05, 0.1) is 5.56 Å². The van der Waals surface area contributed by atoms with Crippen molar-refractivity contribution in [1.29, 1.82) is 0 Å². The molecule has 0 fully saturated rings. The van der Waals surface area contributed by atoms with Gasteiger partial charge in [-0.25, -0.2) is 4.39 Å². The second-order valence-electron chi connectivity index (χ2n) is 3.83. The van der Waals surface area contributed by atoms with Gasteiger partial charge in [0.1, 0.15) is 17.3 Å². The first-order valence-electron chi connectivity index (χ1n) is 5.76. The maximum atomic E-state index is 13.0. The molecule has 18 heavy (non-hydrogen) atoms. The number of ether oxygens (including phenoxy) is 1. The third-order valence-corrected chi connectivity index (χ3v) is 2.53. The first-order valence-corrected chi connectivity index (χ1v) is 5.76. The monoisotopic (exact) mass is 244 g/mol. The smallest absolute Gasteiger partial charge is 0.166 e. The van der Waals surface area contributed by atoms with Crippen molar-refractivity contribution in [2.24, 2.45) is 0 Å². The summed E-state index contributed by atoms with van der Waals surface area (Å²) < 4.78 is 18.6. The van der Waals surface area contributed by atoms with Crippen molar-refractivity contribution in [2.75, 3.05) is 0 Å². The van der Waals surface area contributed by atoms with Gasteiger partial charge in [-0.05, 0) is 24.3 Å². The van der Waals surface area contributed by atoms with Crippen molar-refractivity contribution >= 4 is 5.78 Å². The fourth-order valence-electron chi connectivity index (χ4n) is 1.63. The molecule has 92 valence electrons. The van der Waals surface area contributed by atoms with E-state index in [1.54, 1.807) is 43.3 Å². The van der Waals surface area contributed by atoms with Crippen LogP contribution in [-0.4, -0.2) is 5.78 Å². The molecule has 0 aliphatic heterocycles. The molecule has 0 unspecified atom stereocenters. The zero-order valence-electron chi connectivity index (χ0n) is 10.0. The standard InChI is InChI=1S/C15H13FO2/c1-2-14(17)13-8-3-4-9-15(13)18-12-7-5-6-11(16)10-12/h3-10H,2H2,1H3. The topological polar surface area (TPSA) is 26.3 Å². The molecule has 0 radical (unpaired) electrons. The Labute approximate surface area is 105 Å². The summed E-state index contributed by atoms with van der Waals surface area (Å²) >= 11 is 0. The van der Waals surface area contributed by atoms with Crippen LogP contribution in [0.25, 0.3) is 0 Å². The molecule has 3 heteroatoms. The molecule has 0 aromatic heterocycles. The predicted molar refractivity (Wildman–Crippen MR) is 67.5 cm³/mol. The maximum absolute atomic E-state index is 13.0. The number of Topliss-reactive ketones (excluding diaryl/α,β-unsaturated/α-hetero) is 1. The summed E-state index contributed by atoms with van der Waals surface area (Å²) in [5.74, 6) is 0.468. The summed E-state index contributed by atoms with van der Waals surface area (Å²) in [7, 11) is 0. The van der Waals surface area contributed by atoms with Crippen molar-refractivity contribution in [3.63, 3.8) is 0 Å². The van der Waals surface area contributed by atoms with Crippen LogP contribution in [0.3, 0.4) is 0 Å². The molecule has 0 atom stereocenters. The number of hydrogen-bond donors (Lipinski definition) is 0. The minimum atomic E-state index is -0.369. The van der Waals surface area contributed by atoms with Gasteiger partial charge in [0.15, 0.2) is 5.78 Å². The van der Waals surface area contributed by atoms with Crippen molar-refractivity contribution in [1.82, 2.24) is 0 Å². The number of rotatable bonds is 4. The number of para-hydroxylation sites is 1. The van der Waals surface area contributed by atoms with Crippen LogP contribution in [0.1, 0.15) is 23.7 Å². The molecular formula is C15H13FO2. The molecule has 0 amide bonds. The summed E-state index contributed by atoms with van der Waals surface area (Å²) in [5, 5.41) is 0. The normalized spacial score (nSPS) is 10.1. The van der Waals surface area contributed by atoms with E-state index in [0.717, 1.165) is 0 Å². The van der Waals surface area contributed by atoms with Gasteiger partial charge >= 0.3 is 0 Å². The molecule has 0 aliphatic carbocycles. The Kier molecular flexibility index (Phi) is 3.72. The van der Waals surface area contributed by atoms with Crippen LogP contribution in [0.4, 0.5) is 4.39 Å². The zero-order valence-corrected chi connectivity index (χ0v) is 10.0. The summed E-state index contributed by atoms with van der Waals surface area (Å²) in [5.41, 5.74) is 0.518. The summed E-state index contributed by atoms with van der Waals surface area (Å²) in [4.78, 5) is 11.7. The van der Waals surface area contributed by atoms with E-state index in [2.05, 4.69) is 0 Å². The molecule has 0 aliphatic rings. The van der Waals surface area contributed by atoms with Crippen molar-refractivity contribution in [3.05, 3.63) is 59.9 Å². The van der Waals surface area contributed by atoms with Crippen molar-refractivity contribution < 1.29 is 13.9 Å². The van der Waals surface area contributed by atoms with E-state index in [9.17, 15) is 9.18 Å². The molecule has 0 saturated heterocycles. The van der Waals surface area contributed by atoms with Crippen molar-refractivity contribution in [2.45, 2.75) is 13.3 Å². The van der Waals surface area contributed by atoms with Crippen LogP contribution in [0.2, 0.25) is 0 Å². The van der Waals surface area contributed by atoms with E-state index >= 15 is 0 Å². The lowest BCUT2D eigenvalue weighted by Gasteiger charge is -2.09. The largest absolute Gasteiger partial charge is 0.457 e. The van der Waals surface area contributed by atoms with E-state index < -0.39 is 0 Å². The average molecular weight is 244 g/mol. The number of halogens is 1. The molecule has 0 spiro atoms. The molecule has 2 aromatic rings. The lowest BCUT2D eigenvalue weighted by Crippen LogP contribution is -1.99. The molecule has 0 heterocycles.